The fourth-order valence-electron chi connectivity index (χ4n) is 4.62. The van der Waals surface area contributed by atoms with Crippen LogP contribution in [0, 0.1) is 0 Å². The van der Waals surface area contributed by atoms with Crippen LogP contribution in [0.2, 0.25) is 5.02 Å². The van der Waals surface area contributed by atoms with E-state index in [0.717, 1.165) is 16.3 Å². The van der Waals surface area contributed by atoms with Crippen molar-refractivity contribution in [2.75, 3.05) is 13.2 Å². The Bertz CT molecular complexity index is 1730. The number of benzene rings is 3. The predicted octanol–water partition coefficient (Wildman–Crippen LogP) is 5.00. The van der Waals surface area contributed by atoms with Gasteiger partial charge in [-0.25, -0.2) is 9.79 Å². The molecule has 0 aliphatic carbocycles. The molecule has 0 radical (unpaired) electrons. The highest BCUT2D eigenvalue weighted by Crippen LogP contribution is 2.34. The second-order valence-electron chi connectivity index (χ2n) is 8.46. The Hall–Kier alpha value is -3.68. The standard InChI is InChI=1S/C29H25ClN2O4S/c1-4-35-23-15-14-18-10-6-7-11-19(18)21(23)16-24-27(33)32-26(20-12-8-9-13-22(20)30)25(28(34)36-5-2)17(3)31-29(32)37-24/h6-16,26H,4-5H2,1-3H3/b24-16-/t26-/m1/s1. The SMILES string of the molecule is CCOC(=O)C1=C(C)N=c2s/c(=C\c3c(OCC)ccc4ccccc34)c(=O)n2[C@@H]1c1ccccc1Cl. The first-order valence-electron chi connectivity index (χ1n) is 12.0. The van der Waals surface area contributed by atoms with Crippen LogP contribution in [0.1, 0.15) is 37.9 Å². The van der Waals surface area contributed by atoms with E-state index in [1.54, 1.807) is 24.5 Å². The van der Waals surface area contributed by atoms with Gasteiger partial charge in [0.1, 0.15) is 11.8 Å². The second-order valence-corrected chi connectivity index (χ2v) is 9.87. The highest BCUT2D eigenvalue weighted by molar-refractivity contribution is 7.07. The number of allylic oxidation sites excluding steroid dienone is 1. The Balaban J connectivity index is 1.79. The number of rotatable bonds is 6. The maximum atomic E-state index is 14.0. The minimum absolute atomic E-state index is 0.205. The van der Waals surface area contributed by atoms with Gasteiger partial charge >= 0.3 is 5.97 Å². The van der Waals surface area contributed by atoms with E-state index in [1.165, 1.54) is 11.3 Å². The molecule has 8 heteroatoms. The number of esters is 1. The lowest BCUT2D eigenvalue weighted by Gasteiger charge is -2.25. The van der Waals surface area contributed by atoms with Gasteiger partial charge in [0.05, 0.1) is 29.0 Å². The zero-order valence-corrected chi connectivity index (χ0v) is 22.2. The summed E-state index contributed by atoms with van der Waals surface area (Å²) >= 11 is 7.86. The van der Waals surface area contributed by atoms with Crippen molar-refractivity contribution in [3.8, 4) is 5.75 Å². The van der Waals surface area contributed by atoms with Crippen LogP contribution in [0.15, 0.2) is 81.7 Å². The third kappa shape index (κ3) is 4.49. The molecule has 1 aliphatic rings. The molecule has 0 amide bonds. The molecule has 0 saturated heterocycles. The molecule has 0 N–H and O–H groups in total. The van der Waals surface area contributed by atoms with Crippen molar-refractivity contribution in [2.24, 2.45) is 4.99 Å². The summed E-state index contributed by atoms with van der Waals surface area (Å²) in [5.74, 6) is 0.175. The van der Waals surface area contributed by atoms with Crippen molar-refractivity contribution in [3.63, 3.8) is 0 Å². The predicted molar refractivity (Wildman–Crippen MR) is 147 cm³/mol. The van der Waals surface area contributed by atoms with Crippen LogP contribution in [-0.4, -0.2) is 23.8 Å². The van der Waals surface area contributed by atoms with E-state index in [0.29, 0.717) is 43.5 Å². The Labute approximate surface area is 222 Å². The van der Waals surface area contributed by atoms with Gasteiger partial charge < -0.3 is 9.47 Å². The van der Waals surface area contributed by atoms with E-state index in [2.05, 4.69) is 4.99 Å². The van der Waals surface area contributed by atoms with E-state index in [1.807, 2.05) is 67.6 Å². The molecule has 37 heavy (non-hydrogen) atoms. The first-order valence-corrected chi connectivity index (χ1v) is 13.2. The zero-order chi connectivity index (χ0) is 26.1. The fraction of sp³-hybridized carbons (Fsp3) is 0.207. The van der Waals surface area contributed by atoms with Gasteiger partial charge in [-0.05, 0) is 55.3 Å². The summed E-state index contributed by atoms with van der Waals surface area (Å²) in [6.07, 6.45) is 1.85. The lowest BCUT2D eigenvalue weighted by molar-refractivity contribution is -0.139. The maximum Gasteiger partial charge on any atom is 0.338 e. The molecule has 1 aliphatic heterocycles. The van der Waals surface area contributed by atoms with E-state index in [4.69, 9.17) is 21.1 Å². The summed E-state index contributed by atoms with van der Waals surface area (Å²) in [5, 5.41) is 2.47. The lowest BCUT2D eigenvalue weighted by Crippen LogP contribution is -2.40. The van der Waals surface area contributed by atoms with Crippen molar-refractivity contribution < 1.29 is 14.3 Å². The molecule has 0 bridgehead atoms. The van der Waals surface area contributed by atoms with Crippen LogP contribution >= 0.6 is 22.9 Å². The number of carbonyl (C=O) groups excluding carboxylic acids is 1. The Morgan fingerprint density at radius 1 is 1.08 bits per heavy atom. The average Bonchev–Trinajstić information content (AvgIpc) is 3.19. The number of carbonyl (C=O) groups is 1. The molecule has 0 spiro atoms. The summed E-state index contributed by atoms with van der Waals surface area (Å²) < 4.78 is 13.3. The van der Waals surface area contributed by atoms with Crippen LogP contribution in [0.25, 0.3) is 16.8 Å². The van der Waals surface area contributed by atoms with Crippen LogP contribution in [0.5, 0.6) is 5.75 Å². The van der Waals surface area contributed by atoms with Crippen molar-refractivity contribution in [2.45, 2.75) is 26.8 Å². The van der Waals surface area contributed by atoms with Crippen molar-refractivity contribution >= 4 is 45.8 Å². The summed E-state index contributed by atoms with van der Waals surface area (Å²) in [7, 11) is 0. The quantitative estimate of drug-likeness (QED) is 0.328. The third-order valence-electron chi connectivity index (χ3n) is 6.22. The molecule has 1 atom stereocenters. The van der Waals surface area contributed by atoms with Gasteiger partial charge in [0.25, 0.3) is 5.56 Å². The topological polar surface area (TPSA) is 69.9 Å². The molecule has 4 aromatic rings. The summed E-state index contributed by atoms with van der Waals surface area (Å²) in [4.78, 5) is 32.2. The Kier molecular flexibility index (Phi) is 7.00. The highest BCUT2D eigenvalue weighted by atomic mass is 35.5. The van der Waals surface area contributed by atoms with Crippen LogP contribution in [0.3, 0.4) is 0 Å². The molecule has 3 aromatic carbocycles. The van der Waals surface area contributed by atoms with Crippen LogP contribution in [0.4, 0.5) is 0 Å². The summed E-state index contributed by atoms with van der Waals surface area (Å²) in [6, 6.07) is 18.3. The van der Waals surface area contributed by atoms with Gasteiger partial charge in [-0.15, -0.1) is 0 Å². The van der Waals surface area contributed by atoms with Gasteiger partial charge in [-0.2, -0.15) is 0 Å². The largest absolute Gasteiger partial charge is 0.493 e. The number of hydrogen-bond acceptors (Lipinski definition) is 6. The Morgan fingerprint density at radius 3 is 2.59 bits per heavy atom. The fourth-order valence-corrected chi connectivity index (χ4v) is 5.89. The van der Waals surface area contributed by atoms with E-state index >= 15 is 0 Å². The van der Waals surface area contributed by atoms with Gasteiger partial charge in [0.2, 0.25) is 0 Å². The van der Waals surface area contributed by atoms with Crippen molar-refractivity contribution in [3.05, 3.63) is 108 Å². The first-order chi connectivity index (χ1) is 17.9. The number of aromatic nitrogens is 1. The maximum absolute atomic E-state index is 14.0. The number of fused-ring (bicyclic) bond motifs is 2. The lowest BCUT2D eigenvalue weighted by atomic mass is 9.96. The van der Waals surface area contributed by atoms with Gasteiger partial charge in [0, 0.05) is 10.6 Å². The van der Waals surface area contributed by atoms with Crippen LogP contribution in [-0.2, 0) is 9.53 Å². The molecular weight excluding hydrogens is 508 g/mol. The highest BCUT2D eigenvalue weighted by Gasteiger charge is 2.34. The minimum atomic E-state index is -0.759. The van der Waals surface area contributed by atoms with E-state index in [9.17, 15) is 9.59 Å². The van der Waals surface area contributed by atoms with Crippen LogP contribution < -0.4 is 19.6 Å². The molecule has 0 fully saturated rings. The average molecular weight is 533 g/mol. The number of halogens is 1. The van der Waals surface area contributed by atoms with E-state index in [-0.39, 0.29) is 12.2 Å². The third-order valence-corrected chi connectivity index (χ3v) is 7.55. The molecule has 1 aromatic heterocycles. The van der Waals surface area contributed by atoms with Gasteiger partial charge in [-0.3, -0.25) is 9.36 Å². The van der Waals surface area contributed by atoms with Gasteiger partial charge in [-0.1, -0.05) is 71.5 Å². The molecule has 0 unspecified atom stereocenters. The number of ether oxygens (including phenoxy) is 2. The first kappa shape index (κ1) is 25.0. The molecular formula is C29H25ClN2O4S. The normalized spacial score (nSPS) is 15.5. The van der Waals surface area contributed by atoms with E-state index < -0.39 is 12.0 Å². The molecule has 2 heterocycles. The smallest absolute Gasteiger partial charge is 0.338 e. The molecule has 6 nitrogen and oxygen atoms in total. The second kappa shape index (κ2) is 10.4. The number of hydrogen-bond donors (Lipinski definition) is 0. The monoisotopic (exact) mass is 532 g/mol. The molecule has 5 rings (SSSR count). The number of nitrogens with zero attached hydrogens (tertiary/aromatic N) is 2. The molecule has 188 valence electrons. The minimum Gasteiger partial charge on any atom is -0.493 e. The number of thiazole rings is 1. The van der Waals surface area contributed by atoms with Crippen molar-refractivity contribution in [1.82, 2.24) is 4.57 Å². The Morgan fingerprint density at radius 2 is 1.84 bits per heavy atom. The zero-order valence-electron chi connectivity index (χ0n) is 20.7. The summed E-state index contributed by atoms with van der Waals surface area (Å²) in [6.45, 7) is 6.13. The summed E-state index contributed by atoms with van der Waals surface area (Å²) in [5.41, 5.74) is 1.99. The molecule has 0 saturated carbocycles. The van der Waals surface area contributed by atoms with Gasteiger partial charge in [0.15, 0.2) is 4.80 Å². The van der Waals surface area contributed by atoms with Crippen molar-refractivity contribution in [1.29, 1.82) is 0 Å².